The Balaban J connectivity index is 2.06. The van der Waals surface area contributed by atoms with E-state index in [1.54, 1.807) is 12.1 Å². The van der Waals surface area contributed by atoms with Gasteiger partial charge in [0.1, 0.15) is 4.90 Å². The van der Waals surface area contributed by atoms with Crippen LogP contribution in [0.1, 0.15) is 84.0 Å². The smallest absolute Gasteiger partial charge is 0.242 e. The molecule has 0 unspecified atom stereocenters. The third-order valence-corrected chi connectivity index (χ3v) is 6.64. The van der Waals surface area contributed by atoms with Crippen LogP contribution in [-0.2, 0) is 10.0 Å². The molecule has 1 rings (SSSR count). The van der Waals surface area contributed by atoms with Gasteiger partial charge in [0.15, 0.2) is 0 Å². The maximum atomic E-state index is 12.3. The van der Waals surface area contributed by atoms with Gasteiger partial charge < -0.3 is 5.73 Å². The first kappa shape index (κ1) is 23.3. The van der Waals surface area contributed by atoms with Crippen molar-refractivity contribution in [3.05, 3.63) is 23.2 Å². The first-order chi connectivity index (χ1) is 12.5. The monoisotopic (exact) mass is 402 g/mol. The predicted molar refractivity (Wildman–Crippen MR) is 112 cm³/mol. The lowest BCUT2D eigenvalue weighted by Crippen LogP contribution is -2.25. The summed E-state index contributed by atoms with van der Waals surface area (Å²) < 4.78 is 27.1. The number of sulfonamides is 1. The Hall–Kier alpha value is -0.780. The summed E-state index contributed by atoms with van der Waals surface area (Å²) in [5.41, 5.74) is 5.95. The van der Waals surface area contributed by atoms with Gasteiger partial charge in [-0.05, 0) is 18.6 Å². The van der Waals surface area contributed by atoms with Gasteiger partial charge in [0, 0.05) is 6.54 Å². The maximum absolute atomic E-state index is 12.3. The second-order valence-corrected chi connectivity index (χ2v) is 9.06. The summed E-state index contributed by atoms with van der Waals surface area (Å²) in [7, 11) is -3.59. The second-order valence-electron chi connectivity index (χ2n) is 6.95. The molecule has 0 aromatic heterocycles. The Bertz CT molecular complexity index is 606. The van der Waals surface area contributed by atoms with Crippen LogP contribution in [0.15, 0.2) is 23.1 Å². The van der Waals surface area contributed by atoms with E-state index >= 15 is 0 Å². The molecule has 0 bridgehead atoms. The summed E-state index contributed by atoms with van der Waals surface area (Å²) in [5.74, 6) is 0. The molecule has 0 spiro atoms. The molecular weight excluding hydrogens is 368 g/mol. The third-order valence-electron chi connectivity index (χ3n) is 4.61. The molecule has 0 saturated heterocycles. The van der Waals surface area contributed by atoms with Crippen LogP contribution in [-0.4, -0.2) is 15.0 Å². The Morgan fingerprint density at radius 2 is 1.38 bits per heavy atom. The van der Waals surface area contributed by atoms with Crippen LogP contribution in [0.25, 0.3) is 0 Å². The lowest BCUT2D eigenvalue weighted by Gasteiger charge is -2.09. The van der Waals surface area contributed by atoms with Gasteiger partial charge in [-0.15, -0.1) is 0 Å². The van der Waals surface area contributed by atoms with E-state index in [0.717, 1.165) is 19.3 Å². The summed E-state index contributed by atoms with van der Waals surface area (Å²) in [4.78, 5) is 0.0538. The third kappa shape index (κ3) is 9.24. The number of halogens is 1. The fourth-order valence-electron chi connectivity index (χ4n) is 2.99. The summed E-state index contributed by atoms with van der Waals surface area (Å²) in [6, 6.07) is 4.66. The number of hydrogen-bond acceptors (Lipinski definition) is 3. The number of hydrogen-bond donors (Lipinski definition) is 2. The van der Waals surface area contributed by atoms with Crippen molar-refractivity contribution in [1.82, 2.24) is 4.72 Å². The zero-order valence-electron chi connectivity index (χ0n) is 16.1. The highest BCUT2D eigenvalue weighted by molar-refractivity contribution is 7.89. The number of nitrogens with two attached hydrogens (primary N) is 1. The Labute approximate surface area is 164 Å². The Morgan fingerprint density at radius 3 is 1.92 bits per heavy atom. The van der Waals surface area contributed by atoms with Gasteiger partial charge in [-0.1, -0.05) is 95.2 Å². The number of anilines is 1. The van der Waals surface area contributed by atoms with E-state index in [1.807, 2.05) is 0 Å². The van der Waals surface area contributed by atoms with Crippen molar-refractivity contribution in [2.75, 3.05) is 12.3 Å². The van der Waals surface area contributed by atoms with Crippen LogP contribution in [0.2, 0.25) is 5.02 Å². The van der Waals surface area contributed by atoms with E-state index in [0.29, 0.717) is 6.54 Å². The van der Waals surface area contributed by atoms with Crippen LogP contribution < -0.4 is 10.5 Å². The van der Waals surface area contributed by atoms with Gasteiger partial charge in [-0.25, -0.2) is 13.1 Å². The Morgan fingerprint density at radius 1 is 0.885 bits per heavy atom. The van der Waals surface area contributed by atoms with Crippen molar-refractivity contribution in [3.8, 4) is 0 Å². The van der Waals surface area contributed by atoms with Crippen LogP contribution in [0.3, 0.4) is 0 Å². The van der Waals surface area contributed by atoms with Crippen molar-refractivity contribution in [1.29, 1.82) is 0 Å². The molecule has 4 nitrogen and oxygen atoms in total. The second kappa shape index (κ2) is 13.4. The fraction of sp³-hybridized carbons (Fsp3) is 0.700. The lowest BCUT2D eigenvalue weighted by molar-refractivity contribution is 0.540. The quantitative estimate of drug-likeness (QED) is 0.283. The van der Waals surface area contributed by atoms with E-state index in [-0.39, 0.29) is 15.6 Å². The number of rotatable bonds is 15. The average Bonchev–Trinajstić information content (AvgIpc) is 2.61. The van der Waals surface area contributed by atoms with Crippen molar-refractivity contribution >= 4 is 27.3 Å². The minimum atomic E-state index is -3.59. The largest absolute Gasteiger partial charge is 0.397 e. The summed E-state index contributed by atoms with van der Waals surface area (Å²) in [6.45, 7) is 2.68. The molecule has 0 saturated carbocycles. The standard InChI is InChI=1S/C20H35ClN2O2S/c1-2-3-4-5-6-7-8-9-10-11-12-13-17-23-26(24,25)19-16-14-15-18(22)20(19)21/h14-16,23H,2-13,17,22H2,1H3. The van der Waals surface area contributed by atoms with E-state index < -0.39 is 10.0 Å². The minimum Gasteiger partial charge on any atom is -0.397 e. The number of unbranched alkanes of at least 4 members (excludes halogenated alkanes) is 11. The van der Waals surface area contributed by atoms with Crippen molar-refractivity contribution in [3.63, 3.8) is 0 Å². The van der Waals surface area contributed by atoms with Crippen LogP contribution in [0.4, 0.5) is 5.69 Å². The normalized spacial score (nSPS) is 11.8. The van der Waals surface area contributed by atoms with Crippen LogP contribution in [0.5, 0.6) is 0 Å². The number of nitrogens with one attached hydrogen (secondary N) is 1. The zero-order chi connectivity index (χ0) is 19.3. The molecule has 0 fully saturated rings. The van der Waals surface area contributed by atoms with E-state index in [1.165, 1.54) is 63.9 Å². The summed E-state index contributed by atoms with van der Waals surface area (Å²) in [6.07, 6.45) is 15.1. The maximum Gasteiger partial charge on any atom is 0.242 e. The number of benzene rings is 1. The molecular formula is C20H35ClN2O2S. The average molecular weight is 403 g/mol. The molecule has 0 aliphatic heterocycles. The van der Waals surface area contributed by atoms with Crippen LogP contribution in [0, 0.1) is 0 Å². The highest BCUT2D eigenvalue weighted by atomic mass is 35.5. The molecule has 3 N–H and O–H groups in total. The highest BCUT2D eigenvalue weighted by Gasteiger charge is 2.18. The molecule has 0 radical (unpaired) electrons. The van der Waals surface area contributed by atoms with Gasteiger partial charge in [-0.2, -0.15) is 0 Å². The van der Waals surface area contributed by atoms with Gasteiger partial charge in [0.25, 0.3) is 0 Å². The van der Waals surface area contributed by atoms with Gasteiger partial charge in [0.05, 0.1) is 10.7 Å². The van der Waals surface area contributed by atoms with Crippen molar-refractivity contribution in [2.24, 2.45) is 0 Å². The molecule has 6 heteroatoms. The molecule has 0 amide bonds. The summed E-state index contributed by atoms with van der Waals surface area (Å²) in [5, 5.41) is 0.0923. The summed E-state index contributed by atoms with van der Waals surface area (Å²) >= 11 is 5.99. The highest BCUT2D eigenvalue weighted by Crippen LogP contribution is 2.26. The van der Waals surface area contributed by atoms with Gasteiger partial charge >= 0.3 is 0 Å². The zero-order valence-corrected chi connectivity index (χ0v) is 17.7. The Kier molecular flexibility index (Phi) is 12.0. The van der Waals surface area contributed by atoms with Gasteiger partial charge in [0.2, 0.25) is 10.0 Å². The van der Waals surface area contributed by atoms with Crippen molar-refractivity contribution in [2.45, 2.75) is 88.9 Å². The molecule has 0 atom stereocenters. The SMILES string of the molecule is CCCCCCCCCCCCCCNS(=O)(=O)c1cccc(N)c1Cl. The molecule has 0 heterocycles. The fourth-order valence-corrected chi connectivity index (χ4v) is 4.60. The first-order valence-corrected chi connectivity index (χ1v) is 11.9. The molecule has 0 aliphatic carbocycles. The molecule has 1 aromatic carbocycles. The van der Waals surface area contributed by atoms with Crippen molar-refractivity contribution < 1.29 is 8.42 Å². The van der Waals surface area contributed by atoms with E-state index in [2.05, 4.69) is 11.6 Å². The molecule has 150 valence electrons. The van der Waals surface area contributed by atoms with Gasteiger partial charge in [-0.3, -0.25) is 0 Å². The van der Waals surface area contributed by atoms with E-state index in [9.17, 15) is 8.42 Å². The lowest BCUT2D eigenvalue weighted by atomic mass is 10.1. The topological polar surface area (TPSA) is 72.2 Å². The predicted octanol–water partition coefficient (Wildman–Crippen LogP) is 5.90. The molecule has 0 aliphatic rings. The van der Waals surface area contributed by atoms with Crippen LogP contribution >= 0.6 is 11.6 Å². The molecule has 1 aromatic rings. The minimum absolute atomic E-state index is 0.0538. The van der Waals surface area contributed by atoms with E-state index in [4.69, 9.17) is 17.3 Å². The number of nitrogen functional groups attached to an aromatic ring is 1. The molecule has 26 heavy (non-hydrogen) atoms. The first-order valence-electron chi connectivity index (χ1n) is 10.0.